The Morgan fingerprint density at radius 3 is 2.59 bits per heavy atom. The predicted octanol–water partition coefficient (Wildman–Crippen LogP) is -1.27. The summed E-state index contributed by atoms with van der Waals surface area (Å²) in [4.78, 5) is 11.9. The molecule has 1 saturated heterocycles. The van der Waals surface area contributed by atoms with Crippen LogP contribution in [0.15, 0.2) is 0 Å². The van der Waals surface area contributed by atoms with Crippen LogP contribution in [-0.2, 0) is 19.0 Å². The van der Waals surface area contributed by atoms with Crippen molar-refractivity contribution in [2.75, 3.05) is 20.3 Å². The first kappa shape index (κ1) is 19.3. The molecule has 1 fully saturated rings. The van der Waals surface area contributed by atoms with Crippen LogP contribution >= 0.6 is 0 Å². The Morgan fingerprint density at radius 1 is 1.45 bits per heavy atom. The van der Waals surface area contributed by atoms with E-state index >= 15 is 0 Å². The molecule has 0 aromatic carbocycles. The number of carbonyl (C=O) groups is 1. The van der Waals surface area contributed by atoms with Crippen molar-refractivity contribution >= 4 is 5.91 Å². The van der Waals surface area contributed by atoms with E-state index in [-0.39, 0.29) is 18.9 Å². The van der Waals surface area contributed by atoms with Gasteiger partial charge in [0.2, 0.25) is 5.91 Å². The molecule has 5 atom stereocenters. The highest BCUT2D eigenvalue weighted by Crippen LogP contribution is 2.24. The highest BCUT2D eigenvalue weighted by atomic mass is 16.7. The fourth-order valence-corrected chi connectivity index (χ4v) is 2.42. The van der Waals surface area contributed by atoms with Crippen LogP contribution < -0.4 is 11.1 Å². The summed E-state index contributed by atoms with van der Waals surface area (Å²) in [7, 11) is 1.43. The minimum atomic E-state index is -1.12. The van der Waals surface area contributed by atoms with Crippen molar-refractivity contribution in [3.05, 3.63) is 0 Å². The van der Waals surface area contributed by atoms with Crippen molar-refractivity contribution in [3.8, 4) is 0 Å². The molecule has 130 valence electrons. The van der Waals surface area contributed by atoms with Crippen molar-refractivity contribution in [1.29, 1.82) is 0 Å². The number of nitrogens with two attached hydrogens (primary N) is 1. The minimum absolute atomic E-state index is 0.0757. The van der Waals surface area contributed by atoms with E-state index in [1.54, 1.807) is 20.8 Å². The van der Waals surface area contributed by atoms with Crippen molar-refractivity contribution < 1.29 is 29.2 Å². The zero-order chi connectivity index (χ0) is 16.9. The molecule has 22 heavy (non-hydrogen) atoms. The van der Waals surface area contributed by atoms with Crippen LogP contribution in [0.3, 0.4) is 0 Å². The molecule has 8 heteroatoms. The smallest absolute Gasteiger partial charge is 0.223 e. The number of hydrogen-bond acceptors (Lipinski definition) is 7. The van der Waals surface area contributed by atoms with E-state index in [2.05, 4.69) is 5.32 Å². The summed E-state index contributed by atoms with van der Waals surface area (Å²) in [6.07, 6.45) is -3.04. The van der Waals surface area contributed by atoms with E-state index in [0.29, 0.717) is 6.54 Å². The molecule has 0 spiro atoms. The number of ether oxygens (including phenoxy) is 3. The van der Waals surface area contributed by atoms with E-state index < -0.39 is 36.2 Å². The second-order valence-electron chi connectivity index (χ2n) is 6.14. The van der Waals surface area contributed by atoms with Gasteiger partial charge in [-0.1, -0.05) is 0 Å². The third-order valence-electron chi connectivity index (χ3n) is 3.42. The van der Waals surface area contributed by atoms with Crippen LogP contribution in [0.4, 0.5) is 0 Å². The van der Waals surface area contributed by atoms with E-state index in [1.807, 2.05) is 0 Å². The lowest BCUT2D eigenvalue weighted by Gasteiger charge is -2.43. The summed E-state index contributed by atoms with van der Waals surface area (Å²) in [5, 5.41) is 22.8. The summed E-state index contributed by atoms with van der Waals surface area (Å²) in [6, 6.07) is -0.655. The molecule has 5 N–H and O–H groups in total. The Kier molecular flexibility index (Phi) is 7.17. The van der Waals surface area contributed by atoms with Gasteiger partial charge in [-0.05, 0) is 20.8 Å². The molecule has 0 unspecified atom stereocenters. The zero-order valence-corrected chi connectivity index (χ0v) is 13.6. The topological polar surface area (TPSA) is 123 Å². The van der Waals surface area contributed by atoms with E-state index in [4.69, 9.17) is 19.9 Å². The Bertz CT molecular complexity index is 360. The first-order chi connectivity index (χ1) is 10.2. The van der Waals surface area contributed by atoms with Crippen LogP contribution in [-0.4, -0.2) is 72.6 Å². The van der Waals surface area contributed by atoms with Crippen LogP contribution in [0.25, 0.3) is 0 Å². The summed E-state index contributed by atoms with van der Waals surface area (Å²) < 4.78 is 16.3. The zero-order valence-electron chi connectivity index (χ0n) is 13.6. The molecule has 0 bridgehead atoms. The highest BCUT2D eigenvalue weighted by molar-refractivity contribution is 5.77. The van der Waals surface area contributed by atoms with Gasteiger partial charge in [-0.3, -0.25) is 4.79 Å². The van der Waals surface area contributed by atoms with E-state index in [0.717, 1.165) is 0 Å². The van der Waals surface area contributed by atoms with Gasteiger partial charge in [0.05, 0.1) is 30.8 Å². The molecule has 8 nitrogen and oxygen atoms in total. The molecule has 1 heterocycles. The average molecular weight is 320 g/mol. The number of carbonyl (C=O) groups excluding carboxylic acids is 1. The fraction of sp³-hybridized carbons (Fsp3) is 0.929. The Balaban J connectivity index is 2.70. The Hall–Kier alpha value is -0.770. The van der Waals surface area contributed by atoms with Gasteiger partial charge in [0.1, 0.15) is 12.2 Å². The van der Waals surface area contributed by atoms with Crippen LogP contribution in [0, 0.1) is 0 Å². The third kappa shape index (κ3) is 5.45. The predicted molar refractivity (Wildman–Crippen MR) is 79.0 cm³/mol. The maximum absolute atomic E-state index is 11.9. The normalized spacial score (nSPS) is 32.8. The SMILES string of the molecule is CO[C@H]1[C@H](OCCN)O[C@H](C)[C@@H](NC(=O)CC(C)(C)O)[C@@H]1O. The summed E-state index contributed by atoms with van der Waals surface area (Å²) in [6.45, 7) is 5.41. The van der Waals surface area contributed by atoms with Gasteiger partial charge >= 0.3 is 0 Å². The largest absolute Gasteiger partial charge is 0.390 e. The molecule has 1 rings (SSSR count). The van der Waals surface area contributed by atoms with Crippen molar-refractivity contribution in [2.24, 2.45) is 5.73 Å². The number of hydrogen-bond donors (Lipinski definition) is 4. The Morgan fingerprint density at radius 2 is 2.09 bits per heavy atom. The second-order valence-corrected chi connectivity index (χ2v) is 6.14. The molecule has 0 aliphatic carbocycles. The molecule has 1 amide bonds. The number of amides is 1. The number of methoxy groups -OCH3 is 1. The standard InChI is InChI=1S/C14H28N2O6/c1-8-10(16-9(17)7-14(2,3)19)11(18)12(20-4)13(22-8)21-6-5-15/h8,10-13,18-19H,5-7,15H2,1-4H3,(H,16,17)/t8-,10-,11+,12-,13-/m1/s1. The van der Waals surface area contributed by atoms with Crippen molar-refractivity contribution in [3.63, 3.8) is 0 Å². The van der Waals surface area contributed by atoms with Crippen LogP contribution in [0.2, 0.25) is 0 Å². The van der Waals surface area contributed by atoms with Gasteiger partial charge in [-0.25, -0.2) is 0 Å². The quantitative estimate of drug-likeness (QED) is 0.461. The molecule has 0 radical (unpaired) electrons. The average Bonchev–Trinajstić information content (AvgIpc) is 2.39. The maximum Gasteiger partial charge on any atom is 0.223 e. The van der Waals surface area contributed by atoms with E-state index in [1.165, 1.54) is 7.11 Å². The van der Waals surface area contributed by atoms with Crippen LogP contribution in [0.1, 0.15) is 27.2 Å². The molecule has 0 aromatic heterocycles. The van der Waals surface area contributed by atoms with E-state index in [9.17, 15) is 15.0 Å². The summed E-state index contributed by atoms with van der Waals surface area (Å²) in [5.41, 5.74) is 4.27. The van der Waals surface area contributed by atoms with Gasteiger partial charge in [-0.2, -0.15) is 0 Å². The van der Waals surface area contributed by atoms with Gasteiger partial charge in [-0.15, -0.1) is 0 Å². The van der Waals surface area contributed by atoms with Gasteiger partial charge < -0.3 is 35.5 Å². The van der Waals surface area contributed by atoms with Gasteiger partial charge in [0, 0.05) is 13.7 Å². The maximum atomic E-state index is 11.9. The minimum Gasteiger partial charge on any atom is -0.390 e. The Labute approximate surface area is 130 Å². The molecular weight excluding hydrogens is 292 g/mol. The number of aliphatic hydroxyl groups is 2. The summed E-state index contributed by atoms with van der Waals surface area (Å²) >= 11 is 0. The molecule has 0 aromatic rings. The third-order valence-corrected chi connectivity index (χ3v) is 3.42. The van der Waals surface area contributed by atoms with Crippen molar-refractivity contribution in [2.45, 2.75) is 63.4 Å². The lowest BCUT2D eigenvalue weighted by atomic mass is 9.96. The number of aliphatic hydroxyl groups excluding tert-OH is 1. The lowest BCUT2D eigenvalue weighted by Crippen LogP contribution is -2.64. The number of nitrogens with one attached hydrogen (secondary N) is 1. The number of rotatable bonds is 7. The van der Waals surface area contributed by atoms with Crippen molar-refractivity contribution in [1.82, 2.24) is 5.32 Å². The fourth-order valence-electron chi connectivity index (χ4n) is 2.42. The highest BCUT2D eigenvalue weighted by Gasteiger charge is 2.45. The molecular formula is C14H28N2O6. The van der Waals surface area contributed by atoms with Crippen LogP contribution in [0.5, 0.6) is 0 Å². The lowest BCUT2D eigenvalue weighted by molar-refractivity contribution is -0.276. The molecule has 1 aliphatic heterocycles. The first-order valence-electron chi connectivity index (χ1n) is 7.39. The van der Waals surface area contributed by atoms with Gasteiger partial charge in [0.25, 0.3) is 0 Å². The molecule has 0 saturated carbocycles. The monoisotopic (exact) mass is 320 g/mol. The summed E-state index contributed by atoms with van der Waals surface area (Å²) in [5.74, 6) is -0.372. The first-order valence-corrected chi connectivity index (χ1v) is 7.39. The van der Waals surface area contributed by atoms with Gasteiger partial charge in [0.15, 0.2) is 6.29 Å². The molecule has 1 aliphatic rings. The second kappa shape index (κ2) is 8.19.